The average molecular weight is 340 g/mol. The minimum Gasteiger partial charge on any atom is -0.319 e. The molecule has 3 aromatic rings. The molecule has 3 rings (SSSR count). The molecule has 0 saturated heterocycles. The molecular formula is C19H14F2N2O2. The van der Waals surface area contributed by atoms with Crippen molar-refractivity contribution in [3.05, 3.63) is 100.0 Å². The number of nitrogens with zero attached hydrogens (tertiary/aromatic N) is 1. The summed E-state index contributed by atoms with van der Waals surface area (Å²) < 4.78 is 28.2. The molecule has 0 spiro atoms. The van der Waals surface area contributed by atoms with Gasteiger partial charge in [0, 0.05) is 12.3 Å². The Morgan fingerprint density at radius 1 is 1.00 bits per heavy atom. The molecule has 6 heteroatoms. The predicted octanol–water partition coefficient (Wildman–Crippen LogP) is 3.43. The van der Waals surface area contributed by atoms with E-state index in [0.29, 0.717) is 6.54 Å². The lowest BCUT2D eigenvalue weighted by Crippen LogP contribution is -2.29. The molecule has 4 nitrogen and oxygen atoms in total. The Kier molecular flexibility index (Phi) is 4.70. The summed E-state index contributed by atoms with van der Waals surface area (Å²) in [6, 6.07) is 14.9. The standard InChI is InChI=1S/C19H14F2N2O2/c20-14-8-9-16(21)17(11-14)22-18(24)15-7-4-10-23(19(15)25)12-13-5-2-1-3-6-13/h1-11H,12H2,(H,22,24). The topological polar surface area (TPSA) is 51.1 Å². The van der Waals surface area contributed by atoms with E-state index in [0.717, 1.165) is 23.8 Å². The van der Waals surface area contributed by atoms with E-state index in [1.807, 2.05) is 30.3 Å². The molecule has 2 aromatic carbocycles. The SMILES string of the molecule is O=C(Nc1cc(F)ccc1F)c1cccn(Cc2ccccc2)c1=O. The molecule has 1 heterocycles. The minimum absolute atomic E-state index is 0.151. The van der Waals surface area contributed by atoms with Gasteiger partial charge in [-0.15, -0.1) is 0 Å². The molecular weight excluding hydrogens is 326 g/mol. The minimum atomic E-state index is -0.795. The number of hydrogen-bond donors (Lipinski definition) is 1. The molecule has 0 bridgehead atoms. The summed E-state index contributed by atoms with van der Waals surface area (Å²) in [6.45, 7) is 0.301. The highest BCUT2D eigenvalue weighted by molar-refractivity contribution is 6.04. The third-order valence-corrected chi connectivity index (χ3v) is 3.64. The van der Waals surface area contributed by atoms with Gasteiger partial charge in [-0.2, -0.15) is 0 Å². The van der Waals surface area contributed by atoms with E-state index in [9.17, 15) is 18.4 Å². The second-order valence-corrected chi connectivity index (χ2v) is 5.42. The number of hydrogen-bond acceptors (Lipinski definition) is 2. The van der Waals surface area contributed by atoms with Gasteiger partial charge in [0.15, 0.2) is 0 Å². The van der Waals surface area contributed by atoms with Crippen LogP contribution in [-0.2, 0) is 6.54 Å². The first-order valence-corrected chi connectivity index (χ1v) is 7.54. The summed E-state index contributed by atoms with van der Waals surface area (Å²) in [5.74, 6) is -2.27. The van der Waals surface area contributed by atoms with E-state index in [2.05, 4.69) is 5.32 Å². The molecule has 126 valence electrons. The molecule has 0 fully saturated rings. The number of nitrogens with one attached hydrogen (secondary N) is 1. The van der Waals surface area contributed by atoms with Crippen molar-refractivity contribution < 1.29 is 13.6 Å². The van der Waals surface area contributed by atoms with Crippen LogP contribution < -0.4 is 10.9 Å². The van der Waals surface area contributed by atoms with Gasteiger partial charge in [0.25, 0.3) is 11.5 Å². The van der Waals surface area contributed by atoms with Gasteiger partial charge < -0.3 is 9.88 Å². The van der Waals surface area contributed by atoms with Crippen LogP contribution in [0.4, 0.5) is 14.5 Å². The molecule has 25 heavy (non-hydrogen) atoms. The molecule has 0 atom stereocenters. The van der Waals surface area contributed by atoms with Crippen molar-refractivity contribution in [2.45, 2.75) is 6.54 Å². The second-order valence-electron chi connectivity index (χ2n) is 5.42. The molecule has 0 aliphatic heterocycles. The van der Waals surface area contributed by atoms with Gasteiger partial charge in [0.05, 0.1) is 12.2 Å². The third-order valence-electron chi connectivity index (χ3n) is 3.64. The zero-order valence-electron chi connectivity index (χ0n) is 13.1. The quantitative estimate of drug-likeness (QED) is 0.791. The summed E-state index contributed by atoms with van der Waals surface area (Å²) in [7, 11) is 0. The van der Waals surface area contributed by atoms with E-state index in [4.69, 9.17) is 0 Å². The Balaban J connectivity index is 1.87. The lowest BCUT2D eigenvalue weighted by molar-refractivity contribution is 0.102. The summed E-state index contributed by atoms with van der Waals surface area (Å²) >= 11 is 0. The van der Waals surface area contributed by atoms with Crippen molar-refractivity contribution in [3.63, 3.8) is 0 Å². The summed E-state index contributed by atoms with van der Waals surface area (Å²) in [5.41, 5.74) is -0.0797. The molecule has 0 radical (unpaired) electrons. The highest BCUT2D eigenvalue weighted by atomic mass is 19.1. The lowest BCUT2D eigenvalue weighted by atomic mass is 10.2. The van der Waals surface area contributed by atoms with Crippen LogP contribution in [0.25, 0.3) is 0 Å². The summed E-state index contributed by atoms with van der Waals surface area (Å²) in [4.78, 5) is 24.8. The normalized spacial score (nSPS) is 10.5. The highest BCUT2D eigenvalue weighted by Gasteiger charge is 2.15. The molecule has 1 N–H and O–H groups in total. The van der Waals surface area contributed by atoms with Crippen LogP contribution in [0.5, 0.6) is 0 Å². The number of aromatic nitrogens is 1. The van der Waals surface area contributed by atoms with Crippen LogP contribution in [0, 0.1) is 11.6 Å². The van der Waals surface area contributed by atoms with Crippen LogP contribution in [0.2, 0.25) is 0 Å². The van der Waals surface area contributed by atoms with Gasteiger partial charge >= 0.3 is 0 Å². The first kappa shape index (κ1) is 16.6. The van der Waals surface area contributed by atoms with Crippen molar-refractivity contribution >= 4 is 11.6 Å². The van der Waals surface area contributed by atoms with E-state index < -0.39 is 23.1 Å². The van der Waals surface area contributed by atoms with Crippen LogP contribution in [-0.4, -0.2) is 10.5 Å². The number of pyridine rings is 1. The Labute approximate surface area is 142 Å². The van der Waals surface area contributed by atoms with E-state index >= 15 is 0 Å². The maximum atomic E-state index is 13.6. The molecule has 0 aliphatic rings. The number of halogens is 2. The maximum Gasteiger partial charge on any atom is 0.263 e. The van der Waals surface area contributed by atoms with Crippen molar-refractivity contribution in [1.82, 2.24) is 4.57 Å². The second kappa shape index (κ2) is 7.09. The third kappa shape index (κ3) is 3.80. The Morgan fingerprint density at radius 3 is 2.52 bits per heavy atom. The average Bonchev–Trinajstić information content (AvgIpc) is 2.61. The van der Waals surface area contributed by atoms with Crippen molar-refractivity contribution in [2.24, 2.45) is 0 Å². The fraction of sp³-hybridized carbons (Fsp3) is 0.0526. The smallest absolute Gasteiger partial charge is 0.263 e. The molecule has 0 unspecified atom stereocenters. The van der Waals surface area contributed by atoms with Gasteiger partial charge in [-0.25, -0.2) is 8.78 Å². The first-order valence-electron chi connectivity index (χ1n) is 7.54. The maximum absolute atomic E-state index is 13.6. The van der Waals surface area contributed by atoms with Crippen molar-refractivity contribution in [1.29, 1.82) is 0 Å². The van der Waals surface area contributed by atoms with Gasteiger partial charge in [-0.1, -0.05) is 30.3 Å². The van der Waals surface area contributed by atoms with Gasteiger partial charge in [0.1, 0.15) is 17.2 Å². The molecule has 0 saturated carbocycles. The van der Waals surface area contributed by atoms with Crippen molar-refractivity contribution in [2.75, 3.05) is 5.32 Å². The number of anilines is 1. The zero-order chi connectivity index (χ0) is 17.8. The number of benzene rings is 2. The van der Waals surface area contributed by atoms with Gasteiger partial charge in [-0.05, 0) is 29.8 Å². The molecule has 1 aromatic heterocycles. The van der Waals surface area contributed by atoms with Crippen LogP contribution in [0.15, 0.2) is 71.7 Å². The predicted molar refractivity (Wildman–Crippen MR) is 90.6 cm³/mol. The van der Waals surface area contributed by atoms with Crippen LogP contribution in [0.1, 0.15) is 15.9 Å². The van der Waals surface area contributed by atoms with Crippen molar-refractivity contribution in [3.8, 4) is 0 Å². The largest absolute Gasteiger partial charge is 0.319 e. The van der Waals surface area contributed by atoms with Gasteiger partial charge in [-0.3, -0.25) is 9.59 Å². The van der Waals surface area contributed by atoms with Gasteiger partial charge in [0.2, 0.25) is 0 Å². The monoisotopic (exact) mass is 340 g/mol. The van der Waals surface area contributed by atoms with E-state index in [-0.39, 0.29) is 11.3 Å². The number of amides is 1. The Hall–Kier alpha value is -3.28. The highest BCUT2D eigenvalue weighted by Crippen LogP contribution is 2.16. The summed E-state index contributed by atoms with van der Waals surface area (Å²) in [6.07, 6.45) is 1.56. The Bertz CT molecular complexity index is 969. The zero-order valence-corrected chi connectivity index (χ0v) is 13.1. The number of carbonyl (C=O) groups excluding carboxylic acids is 1. The van der Waals surface area contributed by atoms with Crippen LogP contribution in [0.3, 0.4) is 0 Å². The fourth-order valence-electron chi connectivity index (χ4n) is 2.40. The molecule has 0 aliphatic carbocycles. The molecule has 1 amide bonds. The number of carbonyl (C=O) groups is 1. The Morgan fingerprint density at radius 2 is 1.76 bits per heavy atom. The number of rotatable bonds is 4. The fourth-order valence-corrected chi connectivity index (χ4v) is 2.40. The first-order chi connectivity index (χ1) is 12.0. The lowest BCUT2D eigenvalue weighted by Gasteiger charge is -2.09. The summed E-state index contributed by atoms with van der Waals surface area (Å²) in [5, 5.41) is 2.23. The van der Waals surface area contributed by atoms with E-state index in [1.54, 1.807) is 12.3 Å². The van der Waals surface area contributed by atoms with E-state index in [1.165, 1.54) is 10.6 Å². The van der Waals surface area contributed by atoms with Crippen LogP contribution >= 0.6 is 0 Å².